The summed E-state index contributed by atoms with van der Waals surface area (Å²) in [5.41, 5.74) is 7.17. The smallest absolute Gasteiger partial charge is 0.276 e. The van der Waals surface area contributed by atoms with E-state index in [0.717, 1.165) is 24.2 Å². The molecule has 1 saturated heterocycles. The van der Waals surface area contributed by atoms with E-state index in [2.05, 4.69) is 4.98 Å². The fraction of sp³-hybridized carbons (Fsp3) is 0.444. The molecular weight excluding hydrogens is 306 g/mol. The van der Waals surface area contributed by atoms with Gasteiger partial charge in [0.1, 0.15) is 11.5 Å². The number of nitrogens with zero attached hydrogens (tertiary/aromatic N) is 2. The highest BCUT2D eigenvalue weighted by atomic mass is 16.5. The molecule has 1 aliphatic heterocycles. The van der Waals surface area contributed by atoms with E-state index >= 15 is 0 Å². The molecule has 1 amide bonds. The third kappa shape index (κ3) is 3.14. The first kappa shape index (κ1) is 16.5. The van der Waals surface area contributed by atoms with Crippen LogP contribution in [0.3, 0.4) is 0 Å². The van der Waals surface area contributed by atoms with Crippen molar-refractivity contribution in [3.8, 4) is 17.2 Å². The van der Waals surface area contributed by atoms with Crippen molar-refractivity contribution in [3.63, 3.8) is 0 Å². The van der Waals surface area contributed by atoms with Crippen LogP contribution in [0.25, 0.3) is 11.5 Å². The summed E-state index contributed by atoms with van der Waals surface area (Å²) in [6, 6.07) is 7.68. The fourth-order valence-electron chi connectivity index (χ4n) is 3.10. The van der Waals surface area contributed by atoms with E-state index in [-0.39, 0.29) is 18.0 Å². The molecule has 6 nitrogen and oxygen atoms in total. The van der Waals surface area contributed by atoms with Gasteiger partial charge in [-0.05, 0) is 51.0 Å². The number of methoxy groups -OCH3 is 1. The van der Waals surface area contributed by atoms with Crippen molar-refractivity contribution < 1.29 is 13.9 Å². The second-order valence-corrected chi connectivity index (χ2v) is 6.28. The lowest BCUT2D eigenvalue weighted by Crippen LogP contribution is -2.48. The third-order valence-electron chi connectivity index (χ3n) is 4.51. The van der Waals surface area contributed by atoms with Gasteiger partial charge < -0.3 is 19.8 Å². The number of piperidine rings is 1. The van der Waals surface area contributed by atoms with Crippen molar-refractivity contribution in [2.45, 2.75) is 38.8 Å². The Bertz CT molecular complexity index is 724. The summed E-state index contributed by atoms with van der Waals surface area (Å²) in [5, 5.41) is 0. The maximum atomic E-state index is 12.8. The van der Waals surface area contributed by atoms with E-state index in [1.165, 1.54) is 0 Å². The van der Waals surface area contributed by atoms with Crippen molar-refractivity contribution in [2.24, 2.45) is 5.73 Å². The predicted octanol–water partition coefficient (Wildman–Crippen LogP) is 2.61. The summed E-state index contributed by atoms with van der Waals surface area (Å²) in [4.78, 5) is 19.1. The summed E-state index contributed by atoms with van der Waals surface area (Å²) in [7, 11) is 1.62. The number of hydrogen-bond acceptors (Lipinski definition) is 5. The zero-order valence-electron chi connectivity index (χ0n) is 14.3. The Hall–Kier alpha value is -2.34. The molecule has 2 N–H and O–H groups in total. The lowest BCUT2D eigenvalue weighted by Gasteiger charge is -2.35. The number of aromatic nitrogens is 1. The minimum absolute atomic E-state index is 0.0876. The van der Waals surface area contributed by atoms with Crippen LogP contribution in [0.5, 0.6) is 5.75 Å². The van der Waals surface area contributed by atoms with Crippen LogP contribution in [0.1, 0.15) is 36.0 Å². The molecule has 1 fully saturated rings. The minimum Gasteiger partial charge on any atom is -0.497 e. The normalized spacial score (nSPS) is 20.9. The van der Waals surface area contributed by atoms with Crippen LogP contribution < -0.4 is 10.5 Å². The molecule has 1 aliphatic rings. The molecule has 0 unspecified atom stereocenters. The Balaban J connectivity index is 1.84. The second kappa shape index (κ2) is 6.65. The molecule has 0 saturated carbocycles. The molecule has 0 aliphatic carbocycles. The molecule has 24 heavy (non-hydrogen) atoms. The maximum Gasteiger partial charge on any atom is 0.276 e. The van der Waals surface area contributed by atoms with Gasteiger partial charge in [0.25, 0.3) is 5.91 Å². The van der Waals surface area contributed by atoms with E-state index in [1.54, 1.807) is 14.0 Å². The maximum absolute atomic E-state index is 12.8. The van der Waals surface area contributed by atoms with Gasteiger partial charge in [0.05, 0.1) is 7.11 Å². The molecule has 1 aromatic carbocycles. The number of aryl methyl sites for hydroxylation is 1. The van der Waals surface area contributed by atoms with Gasteiger partial charge in [0, 0.05) is 24.2 Å². The van der Waals surface area contributed by atoms with Gasteiger partial charge in [-0.25, -0.2) is 4.98 Å². The monoisotopic (exact) mass is 329 g/mol. The molecule has 0 spiro atoms. The third-order valence-corrected chi connectivity index (χ3v) is 4.51. The van der Waals surface area contributed by atoms with Crippen LogP contribution in [0.2, 0.25) is 0 Å². The van der Waals surface area contributed by atoms with Gasteiger partial charge in [-0.1, -0.05) is 0 Å². The molecular formula is C18H23N3O3. The second-order valence-electron chi connectivity index (χ2n) is 6.28. The lowest BCUT2D eigenvalue weighted by molar-refractivity contribution is 0.0612. The molecule has 128 valence electrons. The van der Waals surface area contributed by atoms with Crippen molar-refractivity contribution in [1.29, 1.82) is 0 Å². The number of hydrogen-bond donors (Lipinski definition) is 1. The van der Waals surface area contributed by atoms with Crippen LogP contribution in [0.4, 0.5) is 0 Å². The van der Waals surface area contributed by atoms with Gasteiger partial charge in [0.15, 0.2) is 5.69 Å². The number of rotatable bonds is 3. The van der Waals surface area contributed by atoms with Crippen molar-refractivity contribution in [1.82, 2.24) is 9.88 Å². The zero-order chi connectivity index (χ0) is 17.3. The van der Waals surface area contributed by atoms with Gasteiger partial charge in [-0.3, -0.25) is 4.79 Å². The average molecular weight is 329 g/mol. The Labute approximate surface area is 141 Å². The topological polar surface area (TPSA) is 81.6 Å². The number of carbonyl (C=O) groups is 1. The first-order valence-electron chi connectivity index (χ1n) is 8.18. The standard InChI is InChI=1S/C18H23N3O3/c1-11-10-14(19)8-9-21(11)18(22)16-12(2)24-17(20-16)13-4-6-15(23-3)7-5-13/h4-7,11,14H,8-10,19H2,1-3H3/t11-,14-/m0/s1. The van der Waals surface area contributed by atoms with Crippen LogP contribution in [-0.2, 0) is 0 Å². The lowest BCUT2D eigenvalue weighted by atomic mass is 9.99. The number of benzene rings is 1. The number of amides is 1. The Kier molecular flexibility index (Phi) is 4.57. The highest BCUT2D eigenvalue weighted by Crippen LogP contribution is 2.26. The van der Waals surface area contributed by atoms with Crippen molar-refractivity contribution in [3.05, 3.63) is 35.7 Å². The molecule has 1 aromatic heterocycles. The number of carbonyl (C=O) groups excluding carboxylic acids is 1. The summed E-state index contributed by atoms with van der Waals surface area (Å²) in [6.45, 7) is 4.45. The zero-order valence-corrected chi connectivity index (χ0v) is 14.3. The summed E-state index contributed by atoms with van der Waals surface area (Å²) in [5.74, 6) is 1.65. The number of oxazole rings is 1. The van der Waals surface area contributed by atoms with Gasteiger partial charge in [0.2, 0.25) is 5.89 Å². The van der Waals surface area contributed by atoms with E-state index in [0.29, 0.717) is 23.9 Å². The molecule has 2 heterocycles. The number of ether oxygens (including phenoxy) is 1. The minimum atomic E-state index is -0.0876. The first-order valence-corrected chi connectivity index (χ1v) is 8.18. The fourth-order valence-corrected chi connectivity index (χ4v) is 3.10. The van der Waals surface area contributed by atoms with E-state index in [9.17, 15) is 4.79 Å². The average Bonchev–Trinajstić information content (AvgIpc) is 2.96. The summed E-state index contributed by atoms with van der Waals surface area (Å²) in [6.07, 6.45) is 1.63. The SMILES string of the molecule is COc1ccc(-c2nc(C(=O)N3CC[C@H](N)C[C@@H]3C)c(C)o2)cc1. The van der Waals surface area contributed by atoms with E-state index in [4.69, 9.17) is 14.9 Å². The number of nitrogens with two attached hydrogens (primary N) is 1. The quantitative estimate of drug-likeness (QED) is 0.936. The highest BCUT2D eigenvalue weighted by molar-refractivity contribution is 5.94. The molecule has 2 aromatic rings. The van der Waals surface area contributed by atoms with Crippen molar-refractivity contribution in [2.75, 3.05) is 13.7 Å². The number of likely N-dealkylation sites (tertiary alicyclic amines) is 1. The van der Waals surface area contributed by atoms with Crippen molar-refractivity contribution >= 4 is 5.91 Å². The van der Waals surface area contributed by atoms with Gasteiger partial charge in [-0.2, -0.15) is 0 Å². The molecule has 6 heteroatoms. The molecule has 2 atom stereocenters. The van der Waals surface area contributed by atoms with Crippen LogP contribution >= 0.6 is 0 Å². The Morgan fingerprint density at radius 2 is 2.08 bits per heavy atom. The summed E-state index contributed by atoms with van der Waals surface area (Å²) < 4.78 is 10.9. The molecule has 3 rings (SSSR count). The predicted molar refractivity (Wildman–Crippen MR) is 90.9 cm³/mol. The van der Waals surface area contributed by atoms with Crippen LogP contribution in [0.15, 0.2) is 28.7 Å². The molecule has 0 radical (unpaired) electrons. The van der Waals surface area contributed by atoms with E-state index in [1.807, 2.05) is 36.1 Å². The summed E-state index contributed by atoms with van der Waals surface area (Å²) >= 11 is 0. The molecule has 0 bridgehead atoms. The van der Waals surface area contributed by atoms with Gasteiger partial charge in [-0.15, -0.1) is 0 Å². The van der Waals surface area contributed by atoms with Crippen LogP contribution in [-0.4, -0.2) is 41.5 Å². The highest BCUT2D eigenvalue weighted by Gasteiger charge is 2.30. The first-order chi connectivity index (χ1) is 11.5. The van der Waals surface area contributed by atoms with Gasteiger partial charge >= 0.3 is 0 Å². The Morgan fingerprint density at radius 1 is 1.38 bits per heavy atom. The van der Waals surface area contributed by atoms with E-state index < -0.39 is 0 Å². The Morgan fingerprint density at radius 3 is 2.71 bits per heavy atom. The largest absolute Gasteiger partial charge is 0.497 e. The van der Waals surface area contributed by atoms with Crippen LogP contribution in [0, 0.1) is 6.92 Å².